The van der Waals surface area contributed by atoms with Gasteiger partial charge in [0.15, 0.2) is 0 Å². The topological polar surface area (TPSA) is 38.8 Å². The quantitative estimate of drug-likeness (QED) is 0.867. The predicted octanol–water partition coefficient (Wildman–Crippen LogP) is 2.25. The molecule has 5 nitrogen and oxygen atoms in total. The first-order valence-electron chi connectivity index (χ1n) is 10.6. The molecule has 0 radical (unpaired) electrons. The standard InChI is InChI=1S/C22H34N4O/c1-18-3-5-19(6-4-18)25-13-8-20(9-14-25)26-16-15-24(2)22(17-26)10-7-21(27)23-12-11-22/h3-6,20H,7-17H2,1-2H3,(H,23,27). The summed E-state index contributed by atoms with van der Waals surface area (Å²) in [5, 5.41) is 3.07. The zero-order valence-corrected chi connectivity index (χ0v) is 16.9. The summed E-state index contributed by atoms with van der Waals surface area (Å²) < 4.78 is 0. The van der Waals surface area contributed by atoms with Gasteiger partial charge in [0.2, 0.25) is 5.91 Å². The molecule has 1 N–H and O–H groups in total. The third-order valence-electron chi connectivity index (χ3n) is 7.14. The molecule has 27 heavy (non-hydrogen) atoms. The lowest BCUT2D eigenvalue weighted by atomic mass is 9.85. The lowest BCUT2D eigenvalue weighted by Gasteiger charge is -2.52. The number of nitrogens with one attached hydrogen (secondary N) is 1. The Kier molecular flexibility index (Phi) is 5.42. The molecule has 148 valence electrons. The van der Waals surface area contributed by atoms with Gasteiger partial charge >= 0.3 is 0 Å². The Morgan fingerprint density at radius 1 is 1.04 bits per heavy atom. The molecule has 1 unspecified atom stereocenters. The second-order valence-corrected chi connectivity index (χ2v) is 8.77. The first-order chi connectivity index (χ1) is 13.1. The van der Waals surface area contributed by atoms with Crippen molar-refractivity contribution in [1.29, 1.82) is 0 Å². The molecule has 3 fully saturated rings. The van der Waals surface area contributed by atoms with Crippen LogP contribution < -0.4 is 10.2 Å². The van der Waals surface area contributed by atoms with Crippen LogP contribution >= 0.6 is 0 Å². The van der Waals surface area contributed by atoms with E-state index in [0.717, 1.165) is 52.1 Å². The SMILES string of the molecule is Cc1ccc(N2CCC(N3CCN(C)C4(CCNC(=O)CC4)C3)CC2)cc1. The maximum absolute atomic E-state index is 11.8. The summed E-state index contributed by atoms with van der Waals surface area (Å²) >= 11 is 0. The number of benzene rings is 1. The molecule has 3 aliphatic rings. The Balaban J connectivity index is 1.38. The molecule has 3 heterocycles. The minimum absolute atomic E-state index is 0.172. The highest BCUT2D eigenvalue weighted by atomic mass is 16.1. The largest absolute Gasteiger partial charge is 0.371 e. The molecular formula is C22H34N4O. The molecular weight excluding hydrogens is 336 g/mol. The minimum Gasteiger partial charge on any atom is -0.371 e. The van der Waals surface area contributed by atoms with Crippen LogP contribution in [0.15, 0.2) is 24.3 Å². The van der Waals surface area contributed by atoms with E-state index in [4.69, 9.17) is 0 Å². The van der Waals surface area contributed by atoms with Gasteiger partial charge in [0.25, 0.3) is 0 Å². The zero-order valence-electron chi connectivity index (χ0n) is 16.9. The fourth-order valence-corrected chi connectivity index (χ4v) is 5.18. The molecule has 1 aromatic carbocycles. The van der Waals surface area contributed by atoms with Crippen molar-refractivity contribution in [2.45, 2.75) is 50.6 Å². The second kappa shape index (κ2) is 7.80. The van der Waals surface area contributed by atoms with E-state index in [9.17, 15) is 4.79 Å². The van der Waals surface area contributed by atoms with Gasteiger partial charge in [0.1, 0.15) is 0 Å². The summed E-state index contributed by atoms with van der Waals surface area (Å²) in [6.07, 6.45) is 5.22. The number of rotatable bonds is 2. The van der Waals surface area contributed by atoms with Gasteiger partial charge in [0.05, 0.1) is 0 Å². The summed E-state index contributed by atoms with van der Waals surface area (Å²) in [7, 11) is 2.26. The lowest BCUT2D eigenvalue weighted by molar-refractivity contribution is -0.121. The monoisotopic (exact) mass is 370 g/mol. The number of aryl methyl sites for hydroxylation is 1. The van der Waals surface area contributed by atoms with E-state index in [1.54, 1.807) is 0 Å². The smallest absolute Gasteiger partial charge is 0.220 e. The van der Waals surface area contributed by atoms with Crippen LogP contribution in [0.2, 0.25) is 0 Å². The molecule has 0 saturated carbocycles. The Morgan fingerprint density at radius 3 is 2.52 bits per heavy atom. The highest BCUT2D eigenvalue weighted by molar-refractivity contribution is 5.76. The molecule has 3 saturated heterocycles. The Bertz CT molecular complexity index is 653. The van der Waals surface area contributed by atoms with Crippen LogP contribution in [0.3, 0.4) is 0 Å². The Labute approximate surface area is 163 Å². The maximum Gasteiger partial charge on any atom is 0.220 e. The number of carbonyl (C=O) groups excluding carboxylic acids is 1. The van der Waals surface area contributed by atoms with Crippen molar-refractivity contribution in [3.8, 4) is 0 Å². The van der Waals surface area contributed by atoms with Crippen LogP contribution in [-0.4, -0.2) is 73.6 Å². The number of nitrogens with zero attached hydrogens (tertiary/aromatic N) is 3. The molecule has 1 spiro atoms. The number of hydrogen-bond acceptors (Lipinski definition) is 4. The van der Waals surface area contributed by atoms with Gasteiger partial charge in [-0.1, -0.05) is 17.7 Å². The fourth-order valence-electron chi connectivity index (χ4n) is 5.18. The van der Waals surface area contributed by atoms with Gasteiger partial charge in [-0.25, -0.2) is 0 Å². The fraction of sp³-hybridized carbons (Fsp3) is 0.682. The van der Waals surface area contributed by atoms with E-state index in [2.05, 4.69) is 58.3 Å². The predicted molar refractivity (Wildman–Crippen MR) is 110 cm³/mol. The van der Waals surface area contributed by atoms with Crippen LogP contribution in [0, 0.1) is 6.92 Å². The van der Waals surface area contributed by atoms with E-state index >= 15 is 0 Å². The van der Waals surface area contributed by atoms with Gasteiger partial charge in [-0.15, -0.1) is 0 Å². The highest BCUT2D eigenvalue weighted by Crippen LogP contribution is 2.33. The second-order valence-electron chi connectivity index (χ2n) is 8.77. The molecule has 1 atom stereocenters. The Morgan fingerprint density at radius 2 is 1.78 bits per heavy atom. The highest BCUT2D eigenvalue weighted by Gasteiger charge is 2.42. The number of hydrogen-bond donors (Lipinski definition) is 1. The summed E-state index contributed by atoms with van der Waals surface area (Å²) in [6.45, 7) is 8.66. The van der Waals surface area contributed by atoms with Crippen molar-refractivity contribution >= 4 is 11.6 Å². The summed E-state index contributed by atoms with van der Waals surface area (Å²) in [6, 6.07) is 9.63. The number of anilines is 1. The third-order valence-corrected chi connectivity index (χ3v) is 7.14. The van der Waals surface area contributed by atoms with Crippen molar-refractivity contribution < 1.29 is 4.79 Å². The van der Waals surface area contributed by atoms with Gasteiger partial charge in [0, 0.05) is 63.0 Å². The zero-order chi connectivity index (χ0) is 18.9. The van der Waals surface area contributed by atoms with Gasteiger partial charge in [-0.2, -0.15) is 0 Å². The van der Waals surface area contributed by atoms with Gasteiger partial charge < -0.3 is 10.2 Å². The maximum atomic E-state index is 11.8. The number of amides is 1. The van der Waals surface area contributed by atoms with Crippen LogP contribution in [0.1, 0.15) is 37.7 Å². The van der Waals surface area contributed by atoms with Crippen molar-refractivity contribution in [2.24, 2.45) is 0 Å². The molecule has 1 aromatic rings. The molecule has 0 bridgehead atoms. The Hall–Kier alpha value is -1.59. The molecule has 1 amide bonds. The average Bonchev–Trinajstić information content (AvgIpc) is 2.87. The lowest BCUT2D eigenvalue weighted by Crippen LogP contribution is -2.63. The number of carbonyl (C=O) groups is 1. The van der Waals surface area contributed by atoms with Crippen molar-refractivity contribution in [3.05, 3.63) is 29.8 Å². The summed E-state index contributed by atoms with van der Waals surface area (Å²) in [5.74, 6) is 0.226. The molecule has 0 aliphatic carbocycles. The first kappa shape index (κ1) is 18.8. The summed E-state index contributed by atoms with van der Waals surface area (Å²) in [4.78, 5) is 19.7. The molecule has 5 heteroatoms. The average molecular weight is 371 g/mol. The van der Waals surface area contributed by atoms with E-state index in [-0.39, 0.29) is 11.4 Å². The number of piperidine rings is 1. The minimum atomic E-state index is 0.172. The van der Waals surface area contributed by atoms with Crippen LogP contribution in [0.5, 0.6) is 0 Å². The van der Waals surface area contributed by atoms with Crippen molar-refractivity contribution in [2.75, 3.05) is 51.2 Å². The number of piperazine rings is 1. The first-order valence-corrected chi connectivity index (χ1v) is 10.6. The third kappa shape index (κ3) is 3.99. The van der Waals surface area contributed by atoms with E-state index in [1.807, 2.05) is 0 Å². The van der Waals surface area contributed by atoms with E-state index in [0.29, 0.717) is 12.5 Å². The van der Waals surface area contributed by atoms with Crippen LogP contribution in [0.4, 0.5) is 5.69 Å². The van der Waals surface area contributed by atoms with Crippen molar-refractivity contribution in [1.82, 2.24) is 15.1 Å². The van der Waals surface area contributed by atoms with E-state index < -0.39 is 0 Å². The van der Waals surface area contributed by atoms with E-state index in [1.165, 1.54) is 24.1 Å². The van der Waals surface area contributed by atoms with Gasteiger partial charge in [-0.3, -0.25) is 14.6 Å². The molecule has 4 rings (SSSR count). The van der Waals surface area contributed by atoms with Crippen LogP contribution in [0.25, 0.3) is 0 Å². The summed E-state index contributed by atoms with van der Waals surface area (Å²) in [5.41, 5.74) is 2.86. The number of likely N-dealkylation sites (N-methyl/N-ethyl adjacent to an activating group) is 1. The normalized spacial score (nSPS) is 29.0. The van der Waals surface area contributed by atoms with Gasteiger partial charge in [-0.05, 0) is 51.8 Å². The van der Waals surface area contributed by atoms with Crippen LogP contribution in [-0.2, 0) is 4.79 Å². The molecule has 3 aliphatic heterocycles. The van der Waals surface area contributed by atoms with Crippen molar-refractivity contribution in [3.63, 3.8) is 0 Å². The molecule has 0 aromatic heterocycles.